The van der Waals surface area contributed by atoms with E-state index in [1.807, 2.05) is 25.1 Å². The molecule has 0 saturated heterocycles. The third kappa shape index (κ3) is 5.17. The summed E-state index contributed by atoms with van der Waals surface area (Å²) in [6.45, 7) is 2.64. The average molecular weight is 357 g/mol. The molecule has 0 heterocycles. The van der Waals surface area contributed by atoms with Crippen molar-refractivity contribution in [2.24, 2.45) is 0 Å². The van der Waals surface area contributed by atoms with Gasteiger partial charge in [-0.2, -0.15) is 0 Å². The van der Waals surface area contributed by atoms with E-state index in [1.165, 1.54) is 6.08 Å². The molecule has 2 aromatic carbocycles. The van der Waals surface area contributed by atoms with Gasteiger partial charge in [-0.25, -0.2) is 0 Å². The maximum atomic E-state index is 10.5. The fourth-order valence-corrected chi connectivity index (χ4v) is 2.31. The fraction of sp³-hybridized carbons (Fsp3) is 0.250. The summed E-state index contributed by atoms with van der Waals surface area (Å²) in [7, 11) is 3.16. The van der Waals surface area contributed by atoms with E-state index in [9.17, 15) is 9.90 Å². The second kappa shape index (κ2) is 9.36. The average Bonchev–Trinajstić information content (AvgIpc) is 2.65. The van der Waals surface area contributed by atoms with E-state index in [4.69, 9.17) is 18.9 Å². The quantitative estimate of drug-likeness (QED) is 0.642. The Kier molecular flexibility index (Phi) is 6.91. The summed E-state index contributed by atoms with van der Waals surface area (Å²) in [5.74, 6) is 1.12. The normalized spacial score (nSPS) is 10.6. The van der Waals surface area contributed by atoms with Gasteiger partial charge in [0.1, 0.15) is 6.61 Å². The number of rotatable bonds is 9. The summed E-state index contributed by atoms with van der Waals surface area (Å²) in [6, 6.07) is 10.7. The fourth-order valence-electron chi connectivity index (χ4n) is 2.31. The third-order valence-corrected chi connectivity index (χ3v) is 3.52. The van der Waals surface area contributed by atoms with Gasteiger partial charge in [0.25, 0.3) is 0 Å². The Labute approximate surface area is 152 Å². The summed E-state index contributed by atoms with van der Waals surface area (Å²) in [5, 5.41) is 10.5. The first-order valence-electron chi connectivity index (χ1n) is 8.07. The Bertz CT molecular complexity index is 782. The molecule has 0 saturated carbocycles. The minimum Gasteiger partial charge on any atom is -0.545 e. The Morgan fingerprint density at radius 1 is 0.962 bits per heavy atom. The maximum Gasteiger partial charge on any atom is 0.161 e. The Morgan fingerprint density at radius 2 is 1.69 bits per heavy atom. The molecule has 0 radical (unpaired) electrons. The predicted octanol–water partition coefficient (Wildman–Crippen LogP) is 2.44. The van der Waals surface area contributed by atoms with Gasteiger partial charge in [-0.3, -0.25) is 0 Å². The Morgan fingerprint density at radius 3 is 2.35 bits per heavy atom. The van der Waals surface area contributed by atoms with Crippen molar-refractivity contribution in [1.82, 2.24) is 0 Å². The Hall–Kier alpha value is -3.15. The predicted molar refractivity (Wildman–Crippen MR) is 95.5 cm³/mol. The Balaban J connectivity index is 2.16. The zero-order valence-corrected chi connectivity index (χ0v) is 15.0. The molecule has 0 unspecified atom stereocenters. The second-order valence-electron chi connectivity index (χ2n) is 5.27. The van der Waals surface area contributed by atoms with E-state index in [2.05, 4.69) is 0 Å². The van der Waals surface area contributed by atoms with Gasteiger partial charge in [-0.1, -0.05) is 18.2 Å². The van der Waals surface area contributed by atoms with E-state index in [0.717, 1.165) is 11.6 Å². The van der Waals surface area contributed by atoms with Crippen LogP contribution in [-0.2, 0) is 11.4 Å². The molecule has 26 heavy (non-hydrogen) atoms. The minimum atomic E-state index is -1.25. The number of carboxylic acid groups (broad SMARTS) is 1. The van der Waals surface area contributed by atoms with Crippen molar-refractivity contribution < 1.29 is 28.8 Å². The largest absolute Gasteiger partial charge is 0.545 e. The molecule has 0 aliphatic rings. The first-order chi connectivity index (χ1) is 12.6. The standard InChI is InChI=1S/C20H22O6/c1-4-25-19-11-14(7-10-20(21)22)5-9-17(19)26-13-15-6-8-16(23-2)18(12-15)24-3/h5-12H,4,13H2,1-3H3,(H,21,22)/p-1/b10-7+. The SMILES string of the molecule is CCOc1cc(/C=C/C(=O)[O-])ccc1OCc1ccc(OC)c(OC)c1. The maximum absolute atomic E-state index is 10.5. The van der Waals surface area contributed by atoms with Crippen LogP contribution >= 0.6 is 0 Å². The molecule has 0 bridgehead atoms. The summed E-state index contributed by atoms with van der Waals surface area (Å²) >= 11 is 0. The van der Waals surface area contributed by atoms with Crippen LogP contribution in [0.4, 0.5) is 0 Å². The first kappa shape index (κ1) is 19.2. The third-order valence-electron chi connectivity index (χ3n) is 3.52. The molecule has 138 valence electrons. The highest BCUT2D eigenvalue weighted by molar-refractivity contribution is 5.83. The monoisotopic (exact) mass is 357 g/mol. The molecule has 2 rings (SSSR count). The lowest BCUT2D eigenvalue weighted by Crippen LogP contribution is -2.18. The van der Waals surface area contributed by atoms with Crippen LogP contribution in [0.25, 0.3) is 6.08 Å². The van der Waals surface area contributed by atoms with E-state index in [1.54, 1.807) is 32.4 Å². The summed E-state index contributed by atoms with van der Waals surface area (Å²) in [6.07, 6.45) is 2.41. The van der Waals surface area contributed by atoms with E-state index >= 15 is 0 Å². The van der Waals surface area contributed by atoms with Crippen LogP contribution < -0.4 is 24.1 Å². The van der Waals surface area contributed by atoms with Crippen LogP contribution in [0.5, 0.6) is 23.0 Å². The van der Waals surface area contributed by atoms with Crippen molar-refractivity contribution in [2.45, 2.75) is 13.5 Å². The van der Waals surface area contributed by atoms with Gasteiger partial charge in [0.15, 0.2) is 23.0 Å². The van der Waals surface area contributed by atoms with Gasteiger partial charge in [-0.05, 0) is 48.4 Å². The number of carbonyl (C=O) groups excluding carboxylic acids is 1. The van der Waals surface area contributed by atoms with Gasteiger partial charge >= 0.3 is 0 Å². The molecule has 0 aliphatic carbocycles. The number of hydrogen-bond donors (Lipinski definition) is 0. The molecular weight excluding hydrogens is 336 g/mol. The lowest BCUT2D eigenvalue weighted by atomic mass is 10.2. The van der Waals surface area contributed by atoms with Gasteiger partial charge in [0, 0.05) is 0 Å². The van der Waals surface area contributed by atoms with Crippen LogP contribution in [0.3, 0.4) is 0 Å². The van der Waals surface area contributed by atoms with Gasteiger partial charge in [0.05, 0.1) is 26.8 Å². The van der Waals surface area contributed by atoms with Crippen LogP contribution in [0.2, 0.25) is 0 Å². The van der Waals surface area contributed by atoms with Gasteiger partial charge in [-0.15, -0.1) is 0 Å². The molecule has 0 fully saturated rings. The molecule has 6 heteroatoms. The molecule has 6 nitrogen and oxygen atoms in total. The molecule has 0 N–H and O–H groups in total. The lowest BCUT2D eigenvalue weighted by Gasteiger charge is -2.14. The zero-order valence-electron chi connectivity index (χ0n) is 15.0. The highest BCUT2D eigenvalue weighted by atomic mass is 16.5. The molecule has 2 aromatic rings. The number of hydrogen-bond acceptors (Lipinski definition) is 6. The first-order valence-corrected chi connectivity index (χ1v) is 8.07. The second-order valence-corrected chi connectivity index (χ2v) is 5.27. The summed E-state index contributed by atoms with van der Waals surface area (Å²) < 4.78 is 21.9. The zero-order chi connectivity index (χ0) is 18.9. The van der Waals surface area contributed by atoms with Gasteiger partial charge in [0.2, 0.25) is 0 Å². The van der Waals surface area contributed by atoms with Crippen molar-refractivity contribution in [3.8, 4) is 23.0 Å². The molecule has 0 amide bonds. The number of carboxylic acids is 1. The van der Waals surface area contributed by atoms with E-state index < -0.39 is 5.97 Å². The van der Waals surface area contributed by atoms with Gasteiger partial charge < -0.3 is 28.8 Å². The van der Waals surface area contributed by atoms with E-state index in [-0.39, 0.29) is 0 Å². The topological polar surface area (TPSA) is 77.1 Å². The number of methoxy groups -OCH3 is 2. The number of aliphatic carboxylic acids is 1. The molecule has 0 spiro atoms. The highest BCUT2D eigenvalue weighted by Gasteiger charge is 2.08. The van der Waals surface area contributed by atoms with Crippen LogP contribution in [0, 0.1) is 0 Å². The van der Waals surface area contributed by atoms with E-state index in [0.29, 0.717) is 41.8 Å². The summed E-state index contributed by atoms with van der Waals surface area (Å²) in [5.41, 5.74) is 1.59. The van der Waals surface area contributed by atoms with Crippen LogP contribution in [0.15, 0.2) is 42.5 Å². The molecule has 0 atom stereocenters. The molecular formula is C20H21O6-. The lowest BCUT2D eigenvalue weighted by molar-refractivity contribution is -0.297. The molecule has 0 aliphatic heterocycles. The van der Waals surface area contributed by atoms with Crippen LogP contribution in [-0.4, -0.2) is 26.8 Å². The summed E-state index contributed by atoms with van der Waals surface area (Å²) in [4.78, 5) is 10.5. The van der Waals surface area contributed by atoms with Crippen molar-refractivity contribution in [3.05, 3.63) is 53.6 Å². The van der Waals surface area contributed by atoms with Crippen LogP contribution in [0.1, 0.15) is 18.1 Å². The smallest absolute Gasteiger partial charge is 0.161 e. The highest BCUT2D eigenvalue weighted by Crippen LogP contribution is 2.31. The van der Waals surface area contributed by atoms with Crippen molar-refractivity contribution >= 4 is 12.0 Å². The number of carbonyl (C=O) groups is 1. The van der Waals surface area contributed by atoms with Crippen molar-refractivity contribution in [2.75, 3.05) is 20.8 Å². The van der Waals surface area contributed by atoms with Crippen molar-refractivity contribution in [3.63, 3.8) is 0 Å². The van der Waals surface area contributed by atoms with Crippen molar-refractivity contribution in [1.29, 1.82) is 0 Å². The molecule has 0 aromatic heterocycles. The number of benzene rings is 2. The number of ether oxygens (including phenoxy) is 4. The minimum absolute atomic E-state index is 0.314.